The minimum Gasteiger partial charge on any atom is -0.497 e. The first kappa shape index (κ1) is 18.6. The van der Waals surface area contributed by atoms with Crippen molar-refractivity contribution in [3.05, 3.63) is 54.1 Å². The van der Waals surface area contributed by atoms with E-state index in [-0.39, 0.29) is 12.5 Å². The van der Waals surface area contributed by atoms with Crippen LogP contribution in [-0.4, -0.2) is 34.9 Å². The Hall–Kier alpha value is -2.74. The van der Waals surface area contributed by atoms with Crippen LogP contribution in [0.3, 0.4) is 0 Å². The van der Waals surface area contributed by atoms with E-state index < -0.39 is 10.0 Å². The standard InChI is InChI=1S/C17H21N3O4S/c1-23-15-10-8-14(9-11-15)19-17(20-25(3,21)22)18-12-13-6-4-5-7-16(13)24-2/h4-11H,12H2,1-3H3,(H2,18,19,20). The second kappa shape index (κ2) is 8.39. The zero-order valence-electron chi connectivity index (χ0n) is 14.3. The van der Waals surface area contributed by atoms with Crippen molar-refractivity contribution < 1.29 is 17.9 Å². The monoisotopic (exact) mass is 363 g/mol. The zero-order valence-corrected chi connectivity index (χ0v) is 15.1. The molecule has 0 spiro atoms. The highest BCUT2D eigenvalue weighted by molar-refractivity contribution is 7.89. The van der Waals surface area contributed by atoms with Crippen LogP contribution in [-0.2, 0) is 16.6 Å². The summed E-state index contributed by atoms with van der Waals surface area (Å²) in [7, 11) is -0.321. The smallest absolute Gasteiger partial charge is 0.232 e. The number of hydrogen-bond donors (Lipinski definition) is 2. The maximum Gasteiger partial charge on any atom is 0.232 e. The summed E-state index contributed by atoms with van der Waals surface area (Å²) in [6.45, 7) is 0.255. The molecule has 0 aromatic heterocycles. The van der Waals surface area contributed by atoms with Gasteiger partial charge in [-0.05, 0) is 30.3 Å². The fourth-order valence-corrected chi connectivity index (χ4v) is 2.55. The normalized spacial score (nSPS) is 11.7. The third-order valence-corrected chi connectivity index (χ3v) is 3.80. The van der Waals surface area contributed by atoms with E-state index in [1.165, 1.54) is 0 Å². The summed E-state index contributed by atoms with van der Waals surface area (Å²) in [6.07, 6.45) is 1.07. The van der Waals surface area contributed by atoms with E-state index in [0.717, 1.165) is 11.8 Å². The molecule has 2 rings (SSSR count). The molecule has 0 radical (unpaired) electrons. The van der Waals surface area contributed by atoms with Gasteiger partial charge in [0.2, 0.25) is 16.0 Å². The molecule has 0 saturated carbocycles. The number of nitrogens with zero attached hydrogens (tertiary/aromatic N) is 1. The van der Waals surface area contributed by atoms with Crippen LogP contribution in [0.5, 0.6) is 11.5 Å². The molecule has 25 heavy (non-hydrogen) atoms. The number of nitrogens with one attached hydrogen (secondary N) is 2. The molecule has 8 heteroatoms. The highest BCUT2D eigenvalue weighted by Gasteiger charge is 2.08. The summed E-state index contributed by atoms with van der Waals surface area (Å²) < 4.78 is 35.9. The third-order valence-electron chi connectivity index (χ3n) is 3.23. The molecule has 0 bridgehead atoms. The summed E-state index contributed by atoms with van der Waals surface area (Å²) in [5, 5.41) is 2.96. The van der Waals surface area contributed by atoms with Crippen molar-refractivity contribution in [1.82, 2.24) is 4.72 Å². The lowest BCUT2D eigenvalue weighted by Crippen LogP contribution is -2.35. The van der Waals surface area contributed by atoms with Gasteiger partial charge < -0.3 is 14.8 Å². The molecule has 7 nitrogen and oxygen atoms in total. The van der Waals surface area contributed by atoms with Gasteiger partial charge in [-0.1, -0.05) is 18.2 Å². The van der Waals surface area contributed by atoms with Crippen molar-refractivity contribution >= 4 is 21.7 Å². The molecule has 0 aliphatic heterocycles. The fourth-order valence-electron chi connectivity index (χ4n) is 2.08. The first-order valence-electron chi connectivity index (χ1n) is 7.46. The van der Waals surface area contributed by atoms with E-state index in [1.54, 1.807) is 38.5 Å². The van der Waals surface area contributed by atoms with Crippen LogP contribution in [0.4, 0.5) is 5.69 Å². The molecule has 0 unspecified atom stereocenters. The number of hydrogen-bond acceptors (Lipinski definition) is 5. The predicted molar refractivity (Wildman–Crippen MR) is 98.7 cm³/mol. The van der Waals surface area contributed by atoms with Gasteiger partial charge in [0.25, 0.3) is 0 Å². The van der Waals surface area contributed by atoms with Crippen LogP contribution in [0.2, 0.25) is 0 Å². The highest BCUT2D eigenvalue weighted by Crippen LogP contribution is 2.18. The number of methoxy groups -OCH3 is 2. The molecule has 2 aromatic rings. The van der Waals surface area contributed by atoms with Gasteiger partial charge in [-0.3, -0.25) is 4.72 Å². The van der Waals surface area contributed by atoms with Crippen LogP contribution < -0.4 is 19.5 Å². The van der Waals surface area contributed by atoms with E-state index >= 15 is 0 Å². The number of benzene rings is 2. The predicted octanol–water partition coefficient (Wildman–Crippen LogP) is 2.22. The summed E-state index contributed by atoms with van der Waals surface area (Å²) in [5.74, 6) is 1.52. The Morgan fingerprint density at radius 2 is 1.72 bits per heavy atom. The Morgan fingerprint density at radius 1 is 1.04 bits per heavy atom. The van der Waals surface area contributed by atoms with Crippen LogP contribution >= 0.6 is 0 Å². The van der Waals surface area contributed by atoms with Gasteiger partial charge in [-0.15, -0.1) is 0 Å². The summed E-state index contributed by atoms with van der Waals surface area (Å²) in [4.78, 5) is 4.33. The molecule has 0 saturated heterocycles. The van der Waals surface area contributed by atoms with E-state index in [0.29, 0.717) is 17.2 Å². The Morgan fingerprint density at radius 3 is 2.32 bits per heavy atom. The highest BCUT2D eigenvalue weighted by atomic mass is 32.2. The first-order chi connectivity index (χ1) is 11.9. The summed E-state index contributed by atoms with van der Waals surface area (Å²) >= 11 is 0. The van der Waals surface area contributed by atoms with Crippen molar-refractivity contribution in [2.75, 3.05) is 25.8 Å². The van der Waals surface area contributed by atoms with Gasteiger partial charge >= 0.3 is 0 Å². The molecule has 134 valence electrons. The number of para-hydroxylation sites is 1. The molecular formula is C17H21N3O4S. The van der Waals surface area contributed by atoms with Crippen LogP contribution in [0, 0.1) is 0 Å². The molecule has 0 atom stereocenters. The van der Waals surface area contributed by atoms with E-state index in [4.69, 9.17) is 9.47 Å². The quantitative estimate of drug-likeness (QED) is 0.607. The molecule has 0 fully saturated rings. The Bertz CT molecular complexity index is 833. The zero-order chi connectivity index (χ0) is 18.3. The van der Waals surface area contributed by atoms with Gasteiger partial charge in [0.1, 0.15) is 11.5 Å². The average molecular weight is 363 g/mol. The van der Waals surface area contributed by atoms with Crippen molar-refractivity contribution in [2.45, 2.75) is 6.54 Å². The van der Waals surface area contributed by atoms with E-state index in [2.05, 4.69) is 15.0 Å². The molecule has 0 aliphatic carbocycles. The van der Waals surface area contributed by atoms with Crippen molar-refractivity contribution in [3.63, 3.8) is 0 Å². The van der Waals surface area contributed by atoms with Crippen molar-refractivity contribution in [2.24, 2.45) is 4.99 Å². The van der Waals surface area contributed by atoms with Gasteiger partial charge in [0, 0.05) is 11.3 Å². The number of aliphatic imine (C=N–C) groups is 1. The van der Waals surface area contributed by atoms with Crippen LogP contribution in [0.25, 0.3) is 0 Å². The minimum atomic E-state index is -3.48. The number of rotatable bonds is 6. The van der Waals surface area contributed by atoms with Crippen LogP contribution in [0.1, 0.15) is 5.56 Å². The second-order valence-electron chi connectivity index (χ2n) is 5.20. The van der Waals surface area contributed by atoms with Crippen molar-refractivity contribution in [1.29, 1.82) is 0 Å². The lowest BCUT2D eigenvalue weighted by molar-refractivity contribution is 0.410. The second-order valence-corrected chi connectivity index (χ2v) is 6.95. The third kappa shape index (κ3) is 6.00. The Balaban J connectivity index is 2.22. The lowest BCUT2D eigenvalue weighted by atomic mass is 10.2. The van der Waals surface area contributed by atoms with Gasteiger partial charge in [-0.2, -0.15) is 0 Å². The van der Waals surface area contributed by atoms with Gasteiger partial charge in [-0.25, -0.2) is 13.4 Å². The van der Waals surface area contributed by atoms with Gasteiger partial charge in [0.05, 0.1) is 27.0 Å². The maximum atomic E-state index is 11.6. The van der Waals surface area contributed by atoms with E-state index in [1.807, 2.05) is 24.3 Å². The molecule has 0 aliphatic rings. The Labute approximate surface area is 147 Å². The first-order valence-corrected chi connectivity index (χ1v) is 9.35. The molecule has 2 N–H and O–H groups in total. The number of anilines is 1. The topological polar surface area (TPSA) is 89.0 Å². The lowest BCUT2D eigenvalue weighted by Gasteiger charge is -2.12. The summed E-state index contributed by atoms with van der Waals surface area (Å²) in [5.41, 5.74) is 1.52. The average Bonchev–Trinajstić information content (AvgIpc) is 2.59. The van der Waals surface area contributed by atoms with Crippen molar-refractivity contribution in [3.8, 4) is 11.5 Å². The maximum absolute atomic E-state index is 11.6. The molecule has 0 amide bonds. The molecule has 0 heterocycles. The largest absolute Gasteiger partial charge is 0.497 e. The summed E-state index contributed by atoms with van der Waals surface area (Å²) in [6, 6.07) is 14.5. The number of guanidine groups is 1. The van der Waals surface area contributed by atoms with Gasteiger partial charge in [0.15, 0.2) is 0 Å². The minimum absolute atomic E-state index is 0.124. The molecular weight excluding hydrogens is 342 g/mol. The number of sulfonamides is 1. The van der Waals surface area contributed by atoms with E-state index in [9.17, 15) is 8.42 Å². The number of ether oxygens (including phenoxy) is 2. The SMILES string of the molecule is COc1ccc(NC(=NCc2ccccc2OC)NS(C)(=O)=O)cc1. The molecule has 2 aromatic carbocycles. The fraction of sp³-hybridized carbons (Fsp3) is 0.235. The Kier molecular flexibility index (Phi) is 6.24. The van der Waals surface area contributed by atoms with Crippen LogP contribution in [0.15, 0.2) is 53.5 Å².